The predicted octanol–water partition coefficient (Wildman–Crippen LogP) is 2.74. The molecule has 142 valence electrons. The minimum Gasteiger partial charge on any atom is -0.342 e. The summed E-state index contributed by atoms with van der Waals surface area (Å²) >= 11 is 0. The van der Waals surface area contributed by atoms with Crippen LogP contribution in [0.3, 0.4) is 0 Å². The monoisotopic (exact) mass is 347 g/mol. The summed E-state index contributed by atoms with van der Waals surface area (Å²) in [6.07, 6.45) is 10.2. The van der Waals surface area contributed by atoms with Gasteiger partial charge in [-0.05, 0) is 75.9 Å². The first kappa shape index (κ1) is 17.8. The Morgan fingerprint density at radius 1 is 1.08 bits per heavy atom. The lowest BCUT2D eigenvalue weighted by Gasteiger charge is -2.44. The lowest BCUT2D eigenvalue weighted by atomic mass is 9.67. The van der Waals surface area contributed by atoms with Crippen LogP contribution in [0.2, 0.25) is 0 Å². The first-order valence-electron chi connectivity index (χ1n) is 10.9. The Hall–Kier alpha value is -0.610. The number of hydrogen-bond acceptors (Lipinski definition) is 3. The Labute approximate surface area is 153 Å². The number of amides is 1. The van der Waals surface area contributed by atoms with Crippen LogP contribution in [-0.2, 0) is 4.79 Å². The second-order valence-electron chi connectivity index (χ2n) is 9.47. The number of likely N-dealkylation sites (tertiary alicyclic amines) is 2. The Kier molecular flexibility index (Phi) is 5.38. The Balaban J connectivity index is 1.36. The topological polar surface area (TPSA) is 35.6 Å². The second kappa shape index (κ2) is 7.56. The van der Waals surface area contributed by atoms with Crippen molar-refractivity contribution in [2.24, 2.45) is 23.2 Å². The molecule has 0 aromatic rings. The van der Waals surface area contributed by atoms with E-state index in [1.54, 1.807) is 0 Å². The third-order valence-electron chi connectivity index (χ3n) is 7.66. The van der Waals surface area contributed by atoms with Gasteiger partial charge in [0.05, 0.1) is 5.41 Å². The molecule has 0 spiro atoms. The van der Waals surface area contributed by atoms with Crippen molar-refractivity contribution >= 4 is 5.91 Å². The van der Waals surface area contributed by atoms with Crippen molar-refractivity contribution in [3.05, 3.63) is 0 Å². The van der Waals surface area contributed by atoms with E-state index in [1.165, 1.54) is 64.6 Å². The molecule has 3 aliphatic heterocycles. The van der Waals surface area contributed by atoms with Gasteiger partial charge in [-0.2, -0.15) is 0 Å². The molecule has 1 saturated carbocycles. The van der Waals surface area contributed by atoms with Crippen molar-refractivity contribution in [2.45, 2.75) is 58.3 Å². The first-order valence-corrected chi connectivity index (χ1v) is 10.9. The molecule has 0 aromatic heterocycles. The summed E-state index contributed by atoms with van der Waals surface area (Å²) in [5.74, 6) is 2.69. The number of carbonyl (C=O) groups is 1. The zero-order chi connectivity index (χ0) is 17.3. The van der Waals surface area contributed by atoms with Crippen molar-refractivity contribution in [2.75, 3.05) is 45.8 Å². The van der Waals surface area contributed by atoms with Crippen molar-refractivity contribution in [1.29, 1.82) is 0 Å². The number of fused-ring (bicyclic) bond motifs is 1. The molecule has 3 heterocycles. The Morgan fingerprint density at radius 2 is 1.92 bits per heavy atom. The quantitative estimate of drug-likeness (QED) is 0.853. The minimum absolute atomic E-state index is 0.0549. The van der Waals surface area contributed by atoms with Crippen LogP contribution in [0.15, 0.2) is 0 Å². The summed E-state index contributed by atoms with van der Waals surface area (Å²) in [6.45, 7) is 10.1. The number of nitrogens with zero attached hydrogens (tertiary/aromatic N) is 2. The number of hydrogen-bond donors (Lipinski definition) is 1. The van der Waals surface area contributed by atoms with Crippen molar-refractivity contribution < 1.29 is 4.79 Å². The molecule has 0 radical (unpaired) electrons. The highest BCUT2D eigenvalue weighted by atomic mass is 16.2. The van der Waals surface area contributed by atoms with Crippen LogP contribution in [0.1, 0.15) is 58.3 Å². The normalized spacial score (nSPS) is 37.9. The van der Waals surface area contributed by atoms with Gasteiger partial charge in [-0.1, -0.05) is 19.8 Å². The van der Waals surface area contributed by atoms with Crippen LogP contribution < -0.4 is 5.32 Å². The molecular formula is C21H37N3O. The molecule has 4 aliphatic rings. The molecular weight excluding hydrogens is 310 g/mol. The fourth-order valence-corrected chi connectivity index (χ4v) is 5.99. The Morgan fingerprint density at radius 3 is 2.76 bits per heavy atom. The zero-order valence-corrected chi connectivity index (χ0v) is 16.1. The molecule has 1 N–H and O–H groups in total. The molecule has 25 heavy (non-hydrogen) atoms. The standard InChI is InChI=1S/C21H37N3O/c1-17-7-11-23(12-8-17)14-18-5-4-10-24(15-18)20(25)21-9-3-2-6-19(21)13-22-16-21/h17-19,22H,2-16H2,1H3/t18?,19-,21+/m0/s1. The molecule has 4 fully saturated rings. The maximum Gasteiger partial charge on any atom is 0.230 e. The molecule has 1 amide bonds. The van der Waals surface area contributed by atoms with E-state index in [2.05, 4.69) is 22.0 Å². The molecule has 4 heteroatoms. The molecule has 0 aromatic carbocycles. The average Bonchev–Trinajstić information content (AvgIpc) is 3.08. The predicted molar refractivity (Wildman–Crippen MR) is 101 cm³/mol. The molecule has 4 rings (SSSR count). The second-order valence-corrected chi connectivity index (χ2v) is 9.47. The molecule has 3 atom stereocenters. The van der Waals surface area contributed by atoms with E-state index >= 15 is 0 Å². The van der Waals surface area contributed by atoms with E-state index in [0.717, 1.165) is 38.5 Å². The molecule has 3 saturated heterocycles. The van der Waals surface area contributed by atoms with Crippen LogP contribution >= 0.6 is 0 Å². The third-order valence-corrected chi connectivity index (χ3v) is 7.66. The summed E-state index contributed by atoms with van der Waals surface area (Å²) in [7, 11) is 0. The lowest BCUT2D eigenvalue weighted by molar-refractivity contribution is -0.147. The van der Waals surface area contributed by atoms with Gasteiger partial charge in [0, 0.05) is 26.2 Å². The highest BCUT2D eigenvalue weighted by molar-refractivity contribution is 5.84. The van der Waals surface area contributed by atoms with E-state index in [0.29, 0.717) is 17.7 Å². The minimum atomic E-state index is -0.0549. The van der Waals surface area contributed by atoms with Crippen molar-refractivity contribution in [3.63, 3.8) is 0 Å². The highest BCUT2D eigenvalue weighted by Gasteiger charge is 2.51. The van der Waals surface area contributed by atoms with E-state index in [9.17, 15) is 4.79 Å². The van der Waals surface area contributed by atoms with Crippen molar-refractivity contribution in [3.8, 4) is 0 Å². The maximum absolute atomic E-state index is 13.5. The van der Waals surface area contributed by atoms with Crippen LogP contribution in [-0.4, -0.2) is 61.5 Å². The van der Waals surface area contributed by atoms with E-state index in [1.807, 2.05) is 0 Å². The van der Waals surface area contributed by atoms with Crippen molar-refractivity contribution in [1.82, 2.24) is 15.1 Å². The van der Waals surface area contributed by atoms with Crippen LogP contribution in [0, 0.1) is 23.2 Å². The van der Waals surface area contributed by atoms with Gasteiger partial charge in [-0.25, -0.2) is 0 Å². The molecule has 1 unspecified atom stereocenters. The average molecular weight is 348 g/mol. The van der Waals surface area contributed by atoms with Gasteiger partial charge in [0.1, 0.15) is 0 Å². The highest BCUT2D eigenvalue weighted by Crippen LogP contribution is 2.45. The van der Waals surface area contributed by atoms with Gasteiger partial charge in [0.15, 0.2) is 0 Å². The van der Waals surface area contributed by atoms with Gasteiger partial charge >= 0.3 is 0 Å². The van der Waals surface area contributed by atoms with Crippen LogP contribution in [0.25, 0.3) is 0 Å². The zero-order valence-electron chi connectivity index (χ0n) is 16.1. The van der Waals surface area contributed by atoms with Gasteiger partial charge in [0.25, 0.3) is 0 Å². The number of carbonyl (C=O) groups excluding carboxylic acids is 1. The third kappa shape index (κ3) is 3.62. The molecule has 0 bridgehead atoms. The van der Waals surface area contributed by atoms with Crippen LogP contribution in [0.4, 0.5) is 0 Å². The van der Waals surface area contributed by atoms with E-state index < -0.39 is 0 Å². The fourth-order valence-electron chi connectivity index (χ4n) is 5.99. The number of nitrogens with one attached hydrogen (secondary N) is 1. The molecule has 4 nitrogen and oxygen atoms in total. The summed E-state index contributed by atoms with van der Waals surface area (Å²) < 4.78 is 0. The summed E-state index contributed by atoms with van der Waals surface area (Å²) in [6, 6.07) is 0. The first-order chi connectivity index (χ1) is 12.2. The largest absolute Gasteiger partial charge is 0.342 e. The van der Waals surface area contributed by atoms with E-state index in [-0.39, 0.29) is 5.41 Å². The number of piperidine rings is 2. The van der Waals surface area contributed by atoms with Gasteiger partial charge in [0.2, 0.25) is 5.91 Å². The Bertz CT molecular complexity index is 474. The summed E-state index contributed by atoms with van der Waals surface area (Å²) in [5, 5.41) is 3.55. The van der Waals surface area contributed by atoms with E-state index in [4.69, 9.17) is 0 Å². The summed E-state index contributed by atoms with van der Waals surface area (Å²) in [4.78, 5) is 18.4. The van der Waals surface area contributed by atoms with Gasteiger partial charge in [-0.3, -0.25) is 4.79 Å². The van der Waals surface area contributed by atoms with Crippen LogP contribution in [0.5, 0.6) is 0 Å². The summed E-state index contributed by atoms with van der Waals surface area (Å²) in [5.41, 5.74) is -0.0549. The maximum atomic E-state index is 13.5. The molecule has 1 aliphatic carbocycles. The lowest BCUT2D eigenvalue weighted by Crippen LogP contribution is -2.53. The SMILES string of the molecule is CC1CCN(CC2CCCN(C(=O)[C@@]34CCCC[C@H]3CNC4)C2)CC1. The van der Waals surface area contributed by atoms with Gasteiger partial charge in [-0.15, -0.1) is 0 Å². The van der Waals surface area contributed by atoms with Gasteiger partial charge < -0.3 is 15.1 Å². The fraction of sp³-hybridized carbons (Fsp3) is 0.952. The smallest absolute Gasteiger partial charge is 0.230 e. The number of rotatable bonds is 3.